The first-order chi connectivity index (χ1) is 11.7. The molecule has 24 heavy (non-hydrogen) atoms. The highest BCUT2D eigenvalue weighted by Crippen LogP contribution is 2.32. The third-order valence-corrected chi connectivity index (χ3v) is 4.29. The van der Waals surface area contributed by atoms with Crippen molar-refractivity contribution in [2.75, 3.05) is 0 Å². The fraction of sp³-hybridized carbons (Fsp3) is 0.150. The van der Waals surface area contributed by atoms with Gasteiger partial charge in [0.2, 0.25) is 0 Å². The fourth-order valence-corrected chi connectivity index (χ4v) is 3.11. The average Bonchev–Trinajstić information content (AvgIpc) is 2.98. The molecule has 0 saturated heterocycles. The molecule has 0 fully saturated rings. The largest absolute Gasteiger partial charge is 0.354 e. The maximum Gasteiger partial charge on any atom is 0.178 e. The van der Waals surface area contributed by atoms with Crippen LogP contribution in [0.1, 0.15) is 17.7 Å². The maximum absolute atomic E-state index is 14.1. The van der Waals surface area contributed by atoms with Crippen LogP contribution in [0.3, 0.4) is 0 Å². The molecule has 0 bridgehead atoms. The molecule has 3 aromatic rings. The van der Waals surface area contributed by atoms with Gasteiger partial charge >= 0.3 is 0 Å². The van der Waals surface area contributed by atoms with Crippen molar-refractivity contribution in [2.45, 2.75) is 19.1 Å². The third kappa shape index (κ3) is 2.75. The number of hydrogen-bond acceptors (Lipinski definition) is 0. The SMILES string of the molecule is FC1=C(c2cc3c[n+](Cc4ccccc4)ccc3[nH]2)C(F)CC=C1. The molecular formula is C20H17F2N2+. The zero-order valence-corrected chi connectivity index (χ0v) is 13.0. The van der Waals surface area contributed by atoms with Crippen molar-refractivity contribution in [3.63, 3.8) is 0 Å². The number of fused-ring (bicyclic) bond motifs is 1. The molecule has 0 spiro atoms. The van der Waals surface area contributed by atoms with Crippen LogP contribution in [-0.4, -0.2) is 11.2 Å². The number of allylic oxidation sites excluding steroid dienone is 4. The Balaban J connectivity index is 1.70. The van der Waals surface area contributed by atoms with E-state index in [2.05, 4.69) is 21.7 Å². The fourth-order valence-electron chi connectivity index (χ4n) is 3.11. The Hall–Kier alpha value is -2.75. The van der Waals surface area contributed by atoms with Gasteiger partial charge in [-0.25, -0.2) is 13.3 Å². The van der Waals surface area contributed by atoms with E-state index in [1.165, 1.54) is 17.7 Å². The molecule has 2 heterocycles. The van der Waals surface area contributed by atoms with E-state index in [1.54, 1.807) is 0 Å². The van der Waals surface area contributed by atoms with Gasteiger partial charge < -0.3 is 4.98 Å². The van der Waals surface area contributed by atoms with Gasteiger partial charge in [0.05, 0.1) is 10.9 Å². The van der Waals surface area contributed by atoms with E-state index < -0.39 is 12.0 Å². The van der Waals surface area contributed by atoms with Crippen LogP contribution in [0.25, 0.3) is 16.5 Å². The molecule has 1 aliphatic rings. The molecular weight excluding hydrogens is 306 g/mol. The van der Waals surface area contributed by atoms with Crippen LogP contribution < -0.4 is 4.57 Å². The van der Waals surface area contributed by atoms with Crippen LogP contribution in [0.5, 0.6) is 0 Å². The van der Waals surface area contributed by atoms with Gasteiger partial charge in [-0.2, -0.15) is 0 Å². The molecule has 120 valence electrons. The second-order valence-corrected chi connectivity index (χ2v) is 6.02. The summed E-state index contributed by atoms with van der Waals surface area (Å²) >= 11 is 0. The zero-order chi connectivity index (χ0) is 16.5. The molecule has 1 aromatic carbocycles. The number of pyridine rings is 1. The predicted octanol–water partition coefficient (Wildman–Crippen LogP) is 4.48. The van der Waals surface area contributed by atoms with E-state index in [9.17, 15) is 8.78 Å². The lowest BCUT2D eigenvalue weighted by atomic mass is 9.99. The summed E-state index contributed by atoms with van der Waals surface area (Å²) in [4.78, 5) is 3.13. The standard InChI is InChI=1S/C20H16F2N2/c21-16-7-4-8-17(22)20(16)19-11-15-13-24(10-9-18(15)23-19)12-14-5-2-1-3-6-14/h1-7,9-11,13,17H,8,12H2/p+1. The van der Waals surface area contributed by atoms with Gasteiger partial charge in [0, 0.05) is 29.3 Å². The first-order valence-electron chi connectivity index (χ1n) is 7.97. The monoisotopic (exact) mass is 323 g/mol. The van der Waals surface area contributed by atoms with Gasteiger partial charge in [0.1, 0.15) is 12.0 Å². The predicted molar refractivity (Wildman–Crippen MR) is 90.7 cm³/mol. The van der Waals surface area contributed by atoms with Crippen molar-refractivity contribution in [2.24, 2.45) is 0 Å². The molecule has 0 amide bonds. The first kappa shape index (κ1) is 14.8. The average molecular weight is 323 g/mol. The summed E-state index contributed by atoms with van der Waals surface area (Å²) in [6.07, 6.45) is 5.74. The number of benzene rings is 1. The number of aromatic amines is 1. The van der Waals surface area contributed by atoms with Gasteiger partial charge in [0.25, 0.3) is 0 Å². The minimum Gasteiger partial charge on any atom is -0.354 e. The van der Waals surface area contributed by atoms with Crippen molar-refractivity contribution in [3.8, 4) is 0 Å². The lowest BCUT2D eigenvalue weighted by Crippen LogP contribution is -2.32. The summed E-state index contributed by atoms with van der Waals surface area (Å²) in [5, 5.41) is 0.936. The third-order valence-electron chi connectivity index (χ3n) is 4.29. The highest BCUT2D eigenvalue weighted by atomic mass is 19.1. The second kappa shape index (κ2) is 6.04. The highest BCUT2D eigenvalue weighted by Gasteiger charge is 2.23. The van der Waals surface area contributed by atoms with Gasteiger partial charge in [-0.05, 0) is 12.1 Å². The van der Waals surface area contributed by atoms with Crippen molar-refractivity contribution in [1.29, 1.82) is 0 Å². The quantitative estimate of drug-likeness (QED) is 0.686. The molecule has 0 radical (unpaired) electrons. The van der Waals surface area contributed by atoms with E-state index in [4.69, 9.17) is 0 Å². The Bertz CT molecular complexity index is 939. The van der Waals surface area contributed by atoms with Gasteiger partial charge in [-0.15, -0.1) is 0 Å². The number of H-pyrrole nitrogens is 1. The Morgan fingerprint density at radius 1 is 1.17 bits per heavy atom. The van der Waals surface area contributed by atoms with Crippen LogP contribution in [-0.2, 0) is 6.54 Å². The Morgan fingerprint density at radius 2 is 2.00 bits per heavy atom. The lowest BCUT2D eigenvalue weighted by molar-refractivity contribution is -0.687. The molecule has 4 rings (SSSR count). The summed E-state index contributed by atoms with van der Waals surface area (Å²) in [6.45, 7) is 0.753. The van der Waals surface area contributed by atoms with Crippen LogP contribution >= 0.6 is 0 Å². The molecule has 1 N–H and O–H groups in total. The normalized spacial score (nSPS) is 17.7. The van der Waals surface area contributed by atoms with E-state index in [-0.39, 0.29) is 12.0 Å². The van der Waals surface area contributed by atoms with Crippen LogP contribution in [0.2, 0.25) is 0 Å². The maximum atomic E-state index is 14.1. The first-order valence-corrected chi connectivity index (χ1v) is 7.97. The number of alkyl halides is 1. The number of halogens is 2. The molecule has 2 nitrogen and oxygen atoms in total. The van der Waals surface area contributed by atoms with Crippen molar-refractivity contribution < 1.29 is 13.3 Å². The van der Waals surface area contributed by atoms with E-state index in [0.717, 1.165) is 17.4 Å². The highest BCUT2D eigenvalue weighted by molar-refractivity contribution is 5.85. The zero-order valence-electron chi connectivity index (χ0n) is 13.0. The minimum absolute atomic E-state index is 0.114. The van der Waals surface area contributed by atoms with Crippen LogP contribution in [0, 0.1) is 0 Å². The Morgan fingerprint density at radius 3 is 2.79 bits per heavy atom. The minimum atomic E-state index is -1.31. The summed E-state index contributed by atoms with van der Waals surface area (Å²) in [6, 6.07) is 13.9. The molecule has 0 aliphatic heterocycles. The smallest absolute Gasteiger partial charge is 0.178 e. The molecule has 1 atom stereocenters. The number of rotatable bonds is 3. The Kier molecular flexibility index (Phi) is 3.73. The van der Waals surface area contributed by atoms with E-state index >= 15 is 0 Å². The second-order valence-electron chi connectivity index (χ2n) is 6.02. The van der Waals surface area contributed by atoms with E-state index in [1.807, 2.05) is 42.7 Å². The number of hydrogen-bond donors (Lipinski definition) is 1. The molecule has 4 heteroatoms. The molecule has 1 aliphatic carbocycles. The van der Waals surface area contributed by atoms with E-state index in [0.29, 0.717) is 5.69 Å². The number of aromatic nitrogens is 2. The van der Waals surface area contributed by atoms with Crippen molar-refractivity contribution in [1.82, 2.24) is 4.98 Å². The van der Waals surface area contributed by atoms with Gasteiger partial charge in [-0.1, -0.05) is 36.4 Å². The number of nitrogens with zero attached hydrogens (tertiary/aromatic N) is 1. The van der Waals surface area contributed by atoms with Gasteiger partial charge in [-0.3, -0.25) is 0 Å². The summed E-state index contributed by atoms with van der Waals surface area (Å²) in [7, 11) is 0. The summed E-state index contributed by atoms with van der Waals surface area (Å²) < 4.78 is 30.2. The van der Waals surface area contributed by atoms with Crippen LogP contribution in [0.4, 0.5) is 8.78 Å². The molecule has 1 unspecified atom stereocenters. The summed E-state index contributed by atoms with van der Waals surface area (Å²) in [5.41, 5.74) is 2.70. The lowest BCUT2D eigenvalue weighted by Gasteiger charge is -2.13. The summed E-state index contributed by atoms with van der Waals surface area (Å²) in [5.74, 6) is -0.502. The van der Waals surface area contributed by atoms with Crippen LogP contribution in [0.15, 0.2) is 72.8 Å². The van der Waals surface area contributed by atoms with Crippen molar-refractivity contribution in [3.05, 3.63) is 84.1 Å². The molecule has 0 saturated carbocycles. The topological polar surface area (TPSA) is 19.7 Å². The molecule has 2 aromatic heterocycles. The van der Waals surface area contributed by atoms with Gasteiger partial charge in [0.15, 0.2) is 18.9 Å². The Labute approximate surface area is 138 Å². The number of nitrogens with one attached hydrogen (secondary N) is 1. The van der Waals surface area contributed by atoms with Crippen molar-refractivity contribution >= 4 is 16.5 Å².